The zero-order valence-electron chi connectivity index (χ0n) is 15.2. The predicted molar refractivity (Wildman–Crippen MR) is 109 cm³/mol. The van der Waals surface area contributed by atoms with Crippen LogP contribution in [0.1, 0.15) is 11.4 Å². The first-order valence-electron chi connectivity index (χ1n) is 8.41. The van der Waals surface area contributed by atoms with Gasteiger partial charge in [-0.15, -0.1) is 23.2 Å². The predicted octanol–water partition coefficient (Wildman–Crippen LogP) is 2.53. The first kappa shape index (κ1) is 21.6. The van der Waals surface area contributed by atoms with Gasteiger partial charge in [0.1, 0.15) is 12.7 Å². The Kier molecular flexibility index (Phi) is 8.21. The number of nitro groups is 1. The molecule has 9 nitrogen and oxygen atoms in total. The van der Waals surface area contributed by atoms with Gasteiger partial charge in [-0.25, -0.2) is 5.43 Å². The van der Waals surface area contributed by atoms with E-state index in [9.17, 15) is 14.9 Å². The highest BCUT2D eigenvalue weighted by Gasteiger charge is 2.16. The normalized spacial score (nSPS) is 11.0. The van der Waals surface area contributed by atoms with Crippen molar-refractivity contribution < 1.29 is 9.72 Å². The molecule has 0 atom stereocenters. The molecule has 0 saturated heterocycles. The Labute approximate surface area is 172 Å². The van der Waals surface area contributed by atoms with Crippen LogP contribution in [0.3, 0.4) is 0 Å². The Morgan fingerprint density at radius 2 is 1.96 bits per heavy atom. The van der Waals surface area contributed by atoms with Gasteiger partial charge < -0.3 is 15.0 Å². The second-order valence-corrected chi connectivity index (χ2v) is 6.54. The number of imidazole rings is 1. The number of hydrazone groups is 1. The summed E-state index contributed by atoms with van der Waals surface area (Å²) in [6.07, 6.45) is 2.73. The van der Waals surface area contributed by atoms with Crippen LogP contribution in [0.5, 0.6) is 0 Å². The fourth-order valence-corrected chi connectivity index (χ4v) is 2.86. The summed E-state index contributed by atoms with van der Waals surface area (Å²) in [7, 11) is 0. The second-order valence-electron chi connectivity index (χ2n) is 5.78. The van der Waals surface area contributed by atoms with Gasteiger partial charge in [0.25, 0.3) is 5.91 Å². The molecule has 2 aromatic rings. The van der Waals surface area contributed by atoms with E-state index in [2.05, 4.69) is 20.4 Å². The number of halogens is 2. The van der Waals surface area contributed by atoms with Crippen LogP contribution in [0, 0.1) is 17.0 Å². The van der Waals surface area contributed by atoms with Crippen molar-refractivity contribution in [2.45, 2.75) is 13.5 Å². The minimum Gasteiger partial charge on any atom is -0.369 e. The Bertz CT molecular complexity index is 832. The van der Waals surface area contributed by atoms with E-state index in [4.69, 9.17) is 23.2 Å². The van der Waals surface area contributed by atoms with Gasteiger partial charge in [0, 0.05) is 37.5 Å². The highest BCUT2D eigenvalue weighted by atomic mass is 35.5. The average Bonchev–Trinajstić information content (AvgIpc) is 3.03. The largest absolute Gasteiger partial charge is 0.381 e. The number of alkyl halides is 2. The number of nitrogens with zero attached hydrogens (tertiary/aromatic N) is 5. The summed E-state index contributed by atoms with van der Waals surface area (Å²) in [4.78, 5) is 27.9. The molecule has 0 aliphatic heterocycles. The maximum absolute atomic E-state index is 11.9. The molecule has 11 heteroatoms. The van der Waals surface area contributed by atoms with Gasteiger partial charge in [0.05, 0.1) is 6.21 Å². The molecule has 0 fully saturated rings. The highest BCUT2D eigenvalue weighted by Crippen LogP contribution is 2.15. The number of anilines is 1. The minimum absolute atomic E-state index is 0.116. The molecule has 1 heterocycles. The summed E-state index contributed by atoms with van der Waals surface area (Å²) in [5, 5.41) is 14.6. The molecule has 0 aliphatic carbocycles. The van der Waals surface area contributed by atoms with Crippen LogP contribution in [0.25, 0.3) is 0 Å². The first-order valence-corrected chi connectivity index (χ1v) is 9.48. The van der Waals surface area contributed by atoms with E-state index < -0.39 is 10.8 Å². The van der Waals surface area contributed by atoms with E-state index in [0.29, 0.717) is 30.7 Å². The number of aryl methyl sites for hydroxylation is 1. The monoisotopic (exact) mass is 426 g/mol. The van der Waals surface area contributed by atoms with Crippen LogP contribution in [0.4, 0.5) is 11.5 Å². The standard InChI is InChI=1S/C17H20Cl2N6O3/c1-13-21-16(25(27)28)11-24(13)12-17(26)22-20-10-14-2-4-15(5-3-14)23(8-6-18)9-7-19/h2-5,10-11H,6-9,12H2,1H3,(H,22,26)/b20-10-. The molecule has 0 aliphatic rings. The molecule has 150 valence electrons. The molecule has 1 aromatic carbocycles. The summed E-state index contributed by atoms with van der Waals surface area (Å²) < 4.78 is 1.39. The van der Waals surface area contributed by atoms with Crippen LogP contribution in [-0.2, 0) is 11.3 Å². The van der Waals surface area contributed by atoms with Crippen LogP contribution in [0.2, 0.25) is 0 Å². The lowest BCUT2D eigenvalue weighted by Crippen LogP contribution is -2.27. The lowest BCUT2D eigenvalue weighted by Gasteiger charge is -2.22. The number of carbonyl (C=O) groups excluding carboxylic acids is 1. The van der Waals surface area contributed by atoms with E-state index in [1.165, 1.54) is 17.0 Å². The number of hydrogen-bond acceptors (Lipinski definition) is 6. The topological polar surface area (TPSA) is 106 Å². The van der Waals surface area contributed by atoms with Crippen molar-refractivity contribution in [2.24, 2.45) is 5.10 Å². The number of nitrogens with one attached hydrogen (secondary N) is 1. The van der Waals surface area contributed by atoms with Gasteiger partial charge in [-0.2, -0.15) is 5.10 Å². The van der Waals surface area contributed by atoms with Crippen LogP contribution in [-0.4, -0.2) is 51.4 Å². The third-order valence-corrected chi connectivity index (χ3v) is 4.17. The average molecular weight is 427 g/mol. The van der Waals surface area contributed by atoms with Crippen LogP contribution in [0.15, 0.2) is 35.6 Å². The highest BCUT2D eigenvalue weighted by molar-refractivity contribution is 6.18. The van der Waals surface area contributed by atoms with Gasteiger partial charge >= 0.3 is 5.82 Å². The Hall–Kier alpha value is -2.65. The quantitative estimate of drug-likeness (QED) is 0.272. The molecule has 28 heavy (non-hydrogen) atoms. The smallest absolute Gasteiger partial charge is 0.369 e. The zero-order valence-corrected chi connectivity index (χ0v) is 16.7. The van der Waals surface area contributed by atoms with Gasteiger partial charge in [-0.1, -0.05) is 12.1 Å². The molecule has 0 spiro atoms. The summed E-state index contributed by atoms with van der Waals surface area (Å²) in [6, 6.07) is 7.58. The molecule has 0 radical (unpaired) electrons. The molecule has 0 bridgehead atoms. The minimum atomic E-state index is -0.607. The van der Waals surface area contributed by atoms with Gasteiger partial charge in [0.2, 0.25) is 5.82 Å². The van der Waals surface area contributed by atoms with Crippen molar-refractivity contribution in [3.63, 3.8) is 0 Å². The van der Waals surface area contributed by atoms with E-state index in [1.54, 1.807) is 6.92 Å². The lowest BCUT2D eigenvalue weighted by molar-refractivity contribution is -0.389. The van der Waals surface area contributed by atoms with Crippen molar-refractivity contribution in [2.75, 3.05) is 29.7 Å². The number of amides is 1. The van der Waals surface area contributed by atoms with Crippen molar-refractivity contribution in [3.05, 3.63) is 52.0 Å². The van der Waals surface area contributed by atoms with Crippen molar-refractivity contribution >= 4 is 46.8 Å². The van der Waals surface area contributed by atoms with E-state index in [1.807, 2.05) is 24.3 Å². The lowest BCUT2D eigenvalue weighted by atomic mass is 10.2. The number of aromatic nitrogens is 2. The maximum Gasteiger partial charge on any atom is 0.381 e. The first-order chi connectivity index (χ1) is 13.4. The fraction of sp³-hybridized carbons (Fsp3) is 0.353. The summed E-state index contributed by atoms with van der Waals surface area (Å²) in [5.41, 5.74) is 4.19. The summed E-state index contributed by atoms with van der Waals surface area (Å²) in [5.74, 6) is 0.668. The molecule has 1 amide bonds. The molecular weight excluding hydrogens is 407 g/mol. The van der Waals surface area contributed by atoms with E-state index in [0.717, 1.165) is 11.3 Å². The number of carbonyl (C=O) groups is 1. The Morgan fingerprint density at radius 1 is 1.32 bits per heavy atom. The van der Waals surface area contributed by atoms with Crippen molar-refractivity contribution in [3.8, 4) is 0 Å². The maximum atomic E-state index is 11.9. The van der Waals surface area contributed by atoms with E-state index in [-0.39, 0.29) is 12.4 Å². The van der Waals surface area contributed by atoms with E-state index >= 15 is 0 Å². The molecule has 1 aromatic heterocycles. The SMILES string of the molecule is Cc1nc([N+](=O)[O-])cn1CC(=O)N/N=C\c1ccc(N(CCCl)CCCl)cc1. The Balaban J connectivity index is 1.91. The fourth-order valence-electron chi connectivity index (χ4n) is 2.45. The zero-order chi connectivity index (χ0) is 20.5. The number of benzene rings is 1. The van der Waals surface area contributed by atoms with Gasteiger partial charge in [-0.3, -0.25) is 9.36 Å². The van der Waals surface area contributed by atoms with Crippen LogP contribution < -0.4 is 10.3 Å². The third-order valence-electron chi connectivity index (χ3n) is 3.83. The Morgan fingerprint density at radius 3 is 2.50 bits per heavy atom. The molecule has 0 unspecified atom stereocenters. The summed E-state index contributed by atoms with van der Waals surface area (Å²) >= 11 is 11.6. The molecule has 2 rings (SSSR count). The van der Waals surface area contributed by atoms with Gasteiger partial charge in [-0.05, 0) is 27.6 Å². The number of rotatable bonds is 10. The number of hydrogen-bond donors (Lipinski definition) is 1. The molecular formula is C17H20Cl2N6O3. The second kappa shape index (κ2) is 10.6. The molecule has 0 saturated carbocycles. The third kappa shape index (κ3) is 6.21. The summed E-state index contributed by atoms with van der Waals surface area (Å²) in [6.45, 7) is 2.87. The molecule has 1 N–H and O–H groups in total. The van der Waals surface area contributed by atoms with Crippen LogP contribution >= 0.6 is 23.2 Å². The van der Waals surface area contributed by atoms with Crippen molar-refractivity contribution in [1.29, 1.82) is 0 Å². The van der Waals surface area contributed by atoms with Crippen molar-refractivity contribution in [1.82, 2.24) is 15.0 Å². The van der Waals surface area contributed by atoms with Gasteiger partial charge in [0.15, 0.2) is 0 Å².